The van der Waals surface area contributed by atoms with Crippen LogP contribution in [0.3, 0.4) is 0 Å². The monoisotopic (exact) mass is 714 g/mol. The third-order valence-electron chi connectivity index (χ3n) is 9.08. The number of nitrogens with one attached hydrogen (secondary N) is 1. The van der Waals surface area contributed by atoms with Gasteiger partial charge in [-0.1, -0.05) is 97.8 Å². The minimum atomic E-state index is -3.96. The first-order valence-corrected chi connectivity index (χ1v) is 18.6. The van der Waals surface area contributed by atoms with Crippen molar-refractivity contribution in [1.29, 1.82) is 0 Å². The second-order valence-corrected chi connectivity index (χ2v) is 14.9. The summed E-state index contributed by atoms with van der Waals surface area (Å²) in [6.45, 7) is 0.746. The third-order valence-corrected chi connectivity index (χ3v) is 10.9. The number of nitrogens with zero attached hydrogens (tertiary/aromatic N) is 3. The highest BCUT2D eigenvalue weighted by Gasteiger charge is 2.29. The topological polar surface area (TPSA) is 96.7 Å². The van der Waals surface area contributed by atoms with E-state index in [0.717, 1.165) is 63.3 Å². The lowest BCUT2D eigenvalue weighted by Crippen LogP contribution is -2.29. The Bertz CT molecular complexity index is 2110. The maximum Gasteiger partial charge on any atom is 0.330 e. The van der Waals surface area contributed by atoms with E-state index in [1.807, 2.05) is 35.0 Å². The average molecular weight is 716 g/mol. The van der Waals surface area contributed by atoms with Crippen LogP contribution in [0.2, 0.25) is 10.0 Å². The molecule has 252 valence electrons. The van der Waals surface area contributed by atoms with E-state index in [4.69, 9.17) is 32.9 Å². The van der Waals surface area contributed by atoms with Crippen LogP contribution in [0.1, 0.15) is 49.9 Å². The number of benzene rings is 4. The molecule has 11 heteroatoms. The molecule has 2 N–H and O–H groups in total. The smallest absolute Gasteiger partial charge is 0.330 e. The van der Waals surface area contributed by atoms with Crippen molar-refractivity contribution in [3.8, 4) is 33.8 Å². The van der Waals surface area contributed by atoms with Crippen LogP contribution in [0.5, 0.6) is 5.75 Å². The fourth-order valence-corrected chi connectivity index (χ4v) is 8.11. The van der Waals surface area contributed by atoms with Gasteiger partial charge in [0.15, 0.2) is 0 Å². The Balaban J connectivity index is 1.15. The van der Waals surface area contributed by atoms with Gasteiger partial charge in [-0.3, -0.25) is 0 Å². The molecule has 4 aromatic carbocycles. The van der Waals surface area contributed by atoms with Crippen LogP contribution in [0.15, 0.2) is 109 Å². The van der Waals surface area contributed by atoms with Gasteiger partial charge in [-0.25, -0.2) is 14.0 Å². The van der Waals surface area contributed by atoms with Gasteiger partial charge in [-0.2, -0.15) is 8.42 Å². The molecule has 5 aromatic rings. The van der Waals surface area contributed by atoms with Crippen molar-refractivity contribution in [3.05, 3.63) is 131 Å². The van der Waals surface area contributed by atoms with Gasteiger partial charge in [0, 0.05) is 28.9 Å². The van der Waals surface area contributed by atoms with Gasteiger partial charge in [0.2, 0.25) is 5.88 Å². The molecule has 0 radical (unpaired) electrons. The molecule has 1 saturated carbocycles. The van der Waals surface area contributed by atoms with Crippen molar-refractivity contribution < 1.29 is 18.3 Å². The summed E-state index contributed by atoms with van der Waals surface area (Å²) in [4.78, 5) is 4.99. The summed E-state index contributed by atoms with van der Waals surface area (Å²) in [6, 6.07) is 28.9. The highest BCUT2D eigenvalue weighted by Crippen LogP contribution is 2.33. The zero-order chi connectivity index (χ0) is 34.0. The molecule has 0 amide bonds. The van der Waals surface area contributed by atoms with Gasteiger partial charge in [0.05, 0.1) is 29.2 Å². The van der Waals surface area contributed by atoms with E-state index in [9.17, 15) is 13.5 Å². The van der Waals surface area contributed by atoms with E-state index in [1.54, 1.807) is 30.3 Å². The summed E-state index contributed by atoms with van der Waals surface area (Å²) in [7, 11) is -3.96. The van der Waals surface area contributed by atoms with Gasteiger partial charge in [-0.15, -0.1) is 0 Å². The Morgan fingerprint density at radius 3 is 2.41 bits per heavy atom. The molecule has 1 aliphatic heterocycles. The number of hydrogen-bond donors (Lipinski definition) is 2. The van der Waals surface area contributed by atoms with Gasteiger partial charge >= 0.3 is 10.2 Å². The van der Waals surface area contributed by atoms with Crippen molar-refractivity contribution in [2.45, 2.75) is 44.9 Å². The largest absolute Gasteiger partial charge is 0.494 e. The van der Waals surface area contributed by atoms with Crippen LogP contribution in [0, 0.1) is 5.92 Å². The molecule has 0 spiro atoms. The summed E-state index contributed by atoms with van der Waals surface area (Å²) in [6.07, 6.45) is 11.3. The standard InChI is InChI=1S/C38H36Cl2N4O4S/c39-30-16-17-34(35(40)22-30)36-24-43(31-9-5-10-32(23-31)44-25-38(45)42-49(44,46)47)37(41-36)20-27-12-14-28(15-13-27)29-8-4-11-33(21-29)48-19-18-26-6-2-1-3-7-26/h4-5,8-17,21-26,42,45H,1-3,6-7,18-20H2. The van der Waals surface area contributed by atoms with Crippen molar-refractivity contribution in [2.75, 3.05) is 10.9 Å². The Labute approximate surface area is 296 Å². The van der Waals surface area contributed by atoms with Crippen LogP contribution in [-0.2, 0) is 16.6 Å². The van der Waals surface area contributed by atoms with Gasteiger partial charge in [0.25, 0.3) is 0 Å². The van der Waals surface area contributed by atoms with Gasteiger partial charge in [0.1, 0.15) is 11.6 Å². The van der Waals surface area contributed by atoms with Crippen LogP contribution in [0.4, 0.5) is 5.69 Å². The number of ether oxygens (including phenoxy) is 1. The van der Waals surface area contributed by atoms with Crippen LogP contribution >= 0.6 is 23.2 Å². The number of aliphatic hydroxyl groups is 1. The first-order chi connectivity index (χ1) is 23.7. The first kappa shape index (κ1) is 33.1. The third kappa shape index (κ3) is 7.59. The van der Waals surface area contributed by atoms with Crippen LogP contribution < -0.4 is 13.8 Å². The van der Waals surface area contributed by atoms with Crippen LogP contribution in [0.25, 0.3) is 28.1 Å². The molecule has 8 nitrogen and oxygen atoms in total. The van der Waals surface area contributed by atoms with Crippen molar-refractivity contribution in [2.24, 2.45) is 5.92 Å². The molecule has 0 atom stereocenters. The normalized spacial score (nSPS) is 16.0. The lowest BCUT2D eigenvalue weighted by Gasteiger charge is -2.21. The van der Waals surface area contributed by atoms with Crippen LogP contribution in [-0.4, -0.2) is 29.7 Å². The summed E-state index contributed by atoms with van der Waals surface area (Å²) >= 11 is 12.8. The van der Waals surface area contributed by atoms with Gasteiger partial charge < -0.3 is 14.4 Å². The number of halogens is 2. The Morgan fingerprint density at radius 2 is 1.65 bits per heavy atom. The molecule has 2 heterocycles. The zero-order valence-corrected chi connectivity index (χ0v) is 29.1. The second-order valence-electron chi connectivity index (χ2n) is 12.5. The van der Waals surface area contributed by atoms with E-state index in [-0.39, 0.29) is 0 Å². The number of hydrogen-bond acceptors (Lipinski definition) is 5. The Kier molecular flexibility index (Phi) is 9.58. The molecule has 7 rings (SSSR count). The lowest BCUT2D eigenvalue weighted by atomic mass is 9.87. The number of aliphatic hydroxyl groups excluding tert-OH is 1. The summed E-state index contributed by atoms with van der Waals surface area (Å²) < 4.78 is 36.3. The number of anilines is 1. The van der Waals surface area contributed by atoms with E-state index in [0.29, 0.717) is 33.5 Å². The molecule has 1 aromatic heterocycles. The van der Waals surface area contributed by atoms with Crippen molar-refractivity contribution in [3.63, 3.8) is 0 Å². The quantitative estimate of drug-likeness (QED) is 0.150. The minimum Gasteiger partial charge on any atom is -0.494 e. The molecule has 1 aliphatic carbocycles. The maximum atomic E-state index is 12.6. The fourth-order valence-electron chi connectivity index (χ4n) is 6.56. The number of rotatable bonds is 10. The number of aromatic nitrogens is 2. The molecule has 2 aliphatic rings. The zero-order valence-electron chi connectivity index (χ0n) is 26.7. The molecule has 0 unspecified atom stereocenters. The summed E-state index contributed by atoms with van der Waals surface area (Å²) in [5, 5.41) is 10.8. The highest BCUT2D eigenvalue weighted by atomic mass is 35.5. The molecule has 49 heavy (non-hydrogen) atoms. The predicted molar refractivity (Wildman–Crippen MR) is 196 cm³/mol. The molecule has 0 bridgehead atoms. The second kappa shape index (κ2) is 14.2. The number of imidazole rings is 1. The van der Waals surface area contributed by atoms with Crippen molar-refractivity contribution in [1.82, 2.24) is 14.3 Å². The minimum absolute atomic E-state index is 0.351. The summed E-state index contributed by atoms with van der Waals surface area (Å²) in [5.74, 6) is 1.94. The molecule has 0 saturated heterocycles. The lowest BCUT2D eigenvalue weighted by molar-refractivity contribution is 0.246. The highest BCUT2D eigenvalue weighted by molar-refractivity contribution is 7.91. The first-order valence-electron chi connectivity index (χ1n) is 16.4. The summed E-state index contributed by atoms with van der Waals surface area (Å²) in [5.41, 5.74) is 5.62. The molecule has 1 fully saturated rings. The van der Waals surface area contributed by atoms with E-state index in [1.165, 1.54) is 32.1 Å². The van der Waals surface area contributed by atoms with E-state index in [2.05, 4.69) is 41.1 Å². The SMILES string of the molecule is O=S1(=O)NC(O)=CN1c1cccc(-n2cc(-c3ccc(Cl)cc3Cl)nc2Cc2ccc(-c3cccc(OCCC4CCCCC4)c3)cc2)c1. The maximum absolute atomic E-state index is 12.6. The van der Waals surface area contributed by atoms with E-state index < -0.39 is 16.1 Å². The molecular weight excluding hydrogens is 679 g/mol. The Hall–Kier alpha value is -4.44. The van der Waals surface area contributed by atoms with E-state index >= 15 is 0 Å². The van der Waals surface area contributed by atoms with Crippen molar-refractivity contribution >= 4 is 39.1 Å². The predicted octanol–water partition coefficient (Wildman–Crippen LogP) is 9.46. The van der Waals surface area contributed by atoms with Gasteiger partial charge in [-0.05, 0) is 77.6 Å². The fraction of sp³-hybridized carbons (Fsp3) is 0.237. The average Bonchev–Trinajstić information content (AvgIpc) is 3.64. The Morgan fingerprint density at radius 1 is 0.878 bits per heavy atom. The molecular formula is C38H36Cl2N4O4S.